The van der Waals surface area contributed by atoms with Crippen molar-refractivity contribution in [2.75, 3.05) is 14.2 Å². The normalized spacial score (nSPS) is 12.1. The Morgan fingerprint density at radius 1 is 1.00 bits per heavy atom. The van der Waals surface area contributed by atoms with Crippen LogP contribution in [0.5, 0.6) is 11.5 Å². The summed E-state index contributed by atoms with van der Waals surface area (Å²) < 4.78 is 10.6. The molecule has 1 unspecified atom stereocenters. The number of aliphatic hydroxyl groups is 1. The Kier molecular flexibility index (Phi) is 4.53. The van der Waals surface area contributed by atoms with Crippen molar-refractivity contribution in [3.63, 3.8) is 0 Å². The number of hydrogen-bond acceptors (Lipinski definition) is 3. The van der Waals surface area contributed by atoms with Gasteiger partial charge in [-0.05, 0) is 24.6 Å². The molecule has 2 rings (SSSR count). The zero-order valence-electron chi connectivity index (χ0n) is 11.7. The quantitative estimate of drug-likeness (QED) is 0.933. The van der Waals surface area contributed by atoms with Gasteiger partial charge in [-0.3, -0.25) is 0 Å². The first-order chi connectivity index (χ1) is 9.60. The first-order valence-electron chi connectivity index (χ1n) is 6.24. The Balaban J connectivity index is 2.58. The molecule has 0 radical (unpaired) electrons. The van der Waals surface area contributed by atoms with Crippen molar-refractivity contribution in [1.82, 2.24) is 0 Å². The third kappa shape index (κ3) is 2.60. The maximum absolute atomic E-state index is 10.7. The molecule has 0 bridgehead atoms. The third-order valence-electron chi connectivity index (χ3n) is 3.26. The van der Waals surface area contributed by atoms with Crippen molar-refractivity contribution >= 4 is 11.6 Å². The van der Waals surface area contributed by atoms with Gasteiger partial charge < -0.3 is 14.6 Å². The average Bonchev–Trinajstić information content (AvgIpc) is 2.48. The second kappa shape index (κ2) is 6.16. The van der Waals surface area contributed by atoms with Gasteiger partial charge in [-0.1, -0.05) is 35.9 Å². The number of hydrogen-bond donors (Lipinski definition) is 1. The number of halogens is 1. The first kappa shape index (κ1) is 14.7. The molecule has 0 fully saturated rings. The molecule has 1 N–H and O–H groups in total. The van der Waals surface area contributed by atoms with E-state index in [1.807, 2.05) is 25.1 Å². The lowest BCUT2D eigenvalue weighted by Crippen LogP contribution is -2.06. The number of methoxy groups -OCH3 is 2. The highest BCUT2D eigenvalue weighted by atomic mass is 35.5. The molecule has 0 heterocycles. The van der Waals surface area contributed by atoms with Crippen LogP contribution in [0.25, 0.3) is 0 Å². The summed E-state index contributed by atoms with van der Waals surface area (Å²) in [5, 5.41) is 11.2. The zero-order valence-corrected chi connectivity index (χ0v) is 12.4. The lowest BCUT2D eigenvalue weighted by atomic mass is 9.98. The fourth-order valence-corrected chi connectivity index (χ4v) is 2.42. The van der Waals surface area contributed by atoms with Gasteiger partial charge in [0.2, 0.25) is 0 Å². The summed E-state index contributed by atoms with van der Waals surface area (Å²) in [5.41, 5.74) is 2.12. The summed E-state index contributed by atoms with van der Waals surface area (Å²) in [6, 6.07) is 10.9. The van der Waals surface area contributed by atoms with Crippen LogP contribution < -0.4 is 9.47 Å². The maximum atomic E-state index is 10.7. The molecule has 0 aliphatic rings. The van der Waals surface area contributed by atoms with Crippen LogP contribution in [0.2, 0.25) is 5.02 Å². The highest BCUT2D eigenvalue weighted by Gasteiger charge is 2.22. The smallest absolute Gasteiger partial charge is 0.128 e. The molecule has 2 aromatic carbocycles. The minimum Gasteiger partial charge on any atom is -0.496 e. The second-order valence-electron chi connectivity index (χ2n) is 4.46. The van der Waals surface area contributed by atoms with Crippen molar-refractivity contribution in [1.29, 1.82) is 0 Å². The molecule has 4 heteroatoms. The van der Waals surface area contributed by atoms with E-state index in [0.717, 1.165) is 5.56 Å². The van der Waals surface area contributed by atoms with Crippen LogP contribution >= 0.6 is 11.6 Å². The summed E-state index contributed by atoms with van der Waals surface area (Å²) in [7, 11) is 3.12. The van der Waals surface area contributed by atoms with Gasteiger partial charge in [-0.25, -0.2) is 0 Å². The lowest BCUT2D eigenvalue weighted by molar-refractivity contribution is 0.209. The predicted molar refractivity (Wildman–Crippen MR) is 79.8 cm³/mol. The van der Waals surface area contributed by atoms with Crippen molar-refractivity contribution in [3.8, 4) is 11.5 Å². The monoisotopic (exact) mass is 292 g/mol. The Labute approximate surface area is 123 Å². The summed E-state index contributed by atoms with van der Waals surface area (Å²) in [6.07, 6.45) is -0.909. The molecule has 2 aromatic rings. The van der Waals surface area contributed by atoms with E-state index < -0.39 is 6.10 Å². The van der Waals surface area contributed by atoms with Gasteiger partial charge >= 0.3 is 0 Å². The van der Waals surface area contributed by atoms with Gasteiger partial charge in [-0.2, -0.15) is 0 Å². The van der Waals surface area contributed by atoms with Crippen molar-refractivity contribution in [2.24, 2.45) is 0 Å². The average molecular weight is 293 g/mol. The fourth-order valence-electron chi connectivity index (χ4n) is 2.19. The molecule has 1 atom stereocenters. The minimum absolute atomic E-state index is 0.549. The van der Waals surface area contributed by atoms with Gasteiger partial charge in [0.25, 0.3) is 0 Å². The lowest BCUT2D eigenvalue weighted by Gasteiger charge is -2.19. The van der Waals surface area contributed by atoms with Crippen LogP contribution in [0.4, 0.5) is 0 Å². The number of ether oxygens (including phenoxy) is 2. The van der Waals surface area contributed by atoms with E-state index in [9.17, 15) is 5.11 Å². The molecule has 0 spiro atoms. The van der Waals surface area contributed by atoms with Crippen molar-refractivity contribution in [2.45, 2.75) is 13.0 Å². The van der Waals surface area contributed by atoms with E-state index >= 15 is 0 Å². The van der Waals surface area contributed by atoms with Crippen LogP contribution in [0.1, 0.15) is 22.8 Å². The molecular formula is C16H17ClO3. The molecule has 3 nitrogen and oxygen atoms in total. The Morgan fingerprint density at radius 3 is 2.10 bits per heavy atom. The predicted octanol–water partition coefficient (Wildman–Crippen LogP) is 3.75. The molecule has 0 amide bonds. The van der Waals surface area contributed by atoms with Gasteiger partial charge in [0.15, 0.2) is 0 Å². The largest absolute Gasteiger partial charge is 0.496 e. The SMILES string of the molecule is COc1cccc(OC)c1C(O)c1cccc(C)c1Cl. The van der Waals surface area contributed by atoms with E-state index in [1.165, 1.54) is 0 Å². The molecule has 106 valence electrons. The molecule has 20 heavy (non-hydrogen) atoms. The molecule has 0 aliphatic carbocycles. The van der Waals surface area contributed by atoms with Gasteiger partial charge in [-0.15, -0.1) is 0 Å². The maximum Gasteiger partial charge on any atom is 0.128 e. The van der Waals surface area contributed by atoms with Crippen LogP contribution in [-0.2, 0) is 0 Å². The van der Waals surface area contributed by atoms with E-state index in [4.69, 9.17) is 21.1 Å². The van der Waals surface area contributed by atoms with Crippen LogP contribution in [-0.4, -0.2) is 19.3 Å². The fraction of sp³-hybridized carbons (Fsp3) is 0.250. The standard InChI is InChI=1S/C16H17ClO3/c1-10-6-4-7-11(15(10)17)16(18)14-12(19-2)8-5-9-13(14)20-3/h4-9,16,18H,1-3H3. The summed E-state index contributed by atoms with van der Waals surface area (Å²) in [5.74, 6) is 1.13. The Hall–Kier alpha value is -1.71. The Bertz CT molecular complexity index is 588. The van der Waals surface area contributed by atoms with Gasteiger partial charge in [0.1, 0.15) is 17.6 Å². The second-order valence-corrected chi connectivity index (χ2v) is 4.83. The zero-order chi connectivity index (χ0) is 14.7. The van der Waals surface area contributed by atoms with Gasteiger partial charge in [0.05, 0.1) is 19.8 Å². The minimum atomic E-state index is -0.909. The van der Waals surface area contributed by atoms with E-state index in [-0.39, 0.29) is 0 Å². The number of aliphatic hydroxyl groups excluding tert-OH is 1. The van der Waals surface area contributed by atoms with E-state index in [2.05, 4.69) is 0 Å². The van der Waals surface area contributed by atoms with Crippen molar-refractivity contribution in [3.05, 3.63) is 58.1 Å². The van der Waals surface area contributed by atoms with E-state index in [0.29, 0.717) is 27.6 Å². The Morgan fingerprint density at radius 2 is 1.55 bits per heavy atom. The molecule has 0 saturated heterocycles. The van der Waals surface area contributed by atoms with Gasteiger partial charge in [0, 0.05) is 10.6 Å². The highest BCUT2D eigenvalue weighted by molar-refractivity contribution is 6.32. The summed E-state index contributed by atoms with van der Waals surface area (Å²) >= 11 is 6.29. The molecule has 0 saturated carbocycles. The van der Waals surface area contributed by atoms with E-state index in [1.54, 1.807) is 32.4 Å². The molecule has 0 aromatic heterocycles. The number of aryl methyl sites for hydroxylation is 1. The number of rotatable bonds is 4. The topological polar surface area (TPSA) is 38.7 Å². The van der Waals surface area contributed by atoms with Crippen molar-refractivity contribution < 1.29 is 14.6 Å². The van der Waals surface area contributed by atoms with Crippen LogP contribution in [0.3, 0.4) is 0 Å². The summed E-state index contributed by atoms with van der Waals surface area (Å²) in [4.78, 5) is 0. The number of benzene rings is 2. The van der Waals surface area contributed by atoms with Crippen LogP contribution in [0, 0.1) is 6.92 Å². The third-order valence-corrected chi connectivity index (χ3v) is 3.77. The summed E-state index contributed by atoms with van der Waals surface area (Å²) in [6.45, 7) is 1.90. The van der Waals surface area contributed by atoms with Crippen LogP contribution in [0.15, 0.2) is 36.4 Å². The molecule has 0 aliphatic heterocycles. The molecular weight excluding hydrogens is 276 g/mol. The first-order valence-corrected chi connectivity index (χ1v) is 6.62. The highest BCUT2D eigenvalue weighted by Crippen LogP contribution is 2.39.